The van der Waals surface area contributed by atoms with Crippen molar-refractivity contribution in [2.75, 3.05) is 39.3 Å². The number of piperidine rings is 1. The van der Waals surface area contributed by atoms with Gasteiger partial charge >= 0.3 is 0 Å². The Morgan fingerprint density at radius 3 is 2.95 bits per heavy atom. The third-order valence-corrected chi connectivity index (χ3v) is 4.00. The first-order valence-electron chi connectivity index (χ1n) is 7.58. The molecule has 0 saturated carbocycles. The van der Waals surface area contributed by atoms with Crippen molar-refractivity contribution in [3.63, 3.8) is 0 Å². The molecule has 2 saturated heterocycles. The lowest BCUT2D eigenvalue weighted by molar-refractivity contribution is -0.140. The number of hydrogen-bond acceptors (Lipinski definition) is 4. The van der Waals surface area contributed by atoms with Crippen LogP contribution < -0.4 is 5.73 Å². The van der Waals surface area contributed by atoms with Crippen LogP contribution >= 0.6 is 0 Å². The highest BCUT2D eigenvalue weighted by Gasteiger charge is 2.25. The number of carbonyl (C=O) groups is 2. The van der Waals surface area contributed by atoms with Crippen LogP contribution in [0, 0.1) is 0 Å². The van der Waals surface area contributed by atoms with E-state index >= 15 is 0 Å². The van der Waals surface area contributed by atoms with Gasteiger partial charge in [-0.05, 0) is 25.8 Å². The molecule has 20 heavy (non-hydrogen) atoms. The summed E-state index contributed by atoms with van der Waals surface area (Å²) in [6.07, 6.45) is 3.93. The van der Waals surface area contributed by atoms with Gasteiger partial charge in [-0.15, -0.1) is 0 Å². The first-order valence-corrected chi connectivity index (χ1v) is 7.58. The SMILES string of the molecule is NCC[C@H]1CN(C(=O)CCN2CCCCC2=O)CCO1. The van der Waals surface area contributed by atoms with Gasteiger partial charge in [0.15, 0.2) is 0 Å². The molecule has 2 aliphatic heterocycles. The number of ether oxygens (including phenoxy) is 1. The van der Waals surface area contributed by atoms with Crippen molar-refractivity contribution >= 4 is 11.8 Å². The molecule has 2 aliphatic rings. The largest absolute Gasteiger partial charge is 0.374 e. The maximum atomic E-state index is 12.2. The molecule has 6 nitrogen and oxygen atoms in total. The minimum atomic E-state index is 0.0642. The zero-order chi connectivity index (χ0) is 14.4. The van der Waals surface area contributed by atoms with Crippen molar-refractivity contribution in [1.29, 1.82) is 0 Å². The van der Waals surface area contributed by atoms with Gasteiger partial charge in [-0.25, -0.2) is 0 Å². The van der Waals surface area contributed by atoms with Crippen molar-refractivity contribution in [3.8, 4) is 0 Å². The van der Waals surface area contributed by atoms with Crippen LogP contribution in [0.15, 0.2) is 0 Å². The number of nitrogens with two attached hydrogens (primary N) is 1. The lowest BCUT2D eigenvalue weighted by Crippen LogP contribution is -2.47. The number of nitrogens with zero attached hydrogens (tertiary/aromatic N) is 2. The summed E-state index contributed by atoms with van der Waals surface area (Å²) in [5.41, 5.74) is 5.52. The quantitative estimate of drug-likeness (QED) is 0.768. The average molecular weight is 283 g/mol. The molecular formula is C14H25N3O3. The van der Waals surface area contributed by atoms with Gasteiger partial charge in [-0.3, -0.25) is 9.59 Å². The van der Waals surface area contributed by atoms with Crippen LogP contribution in [0.5, 0.6) is 0 Å². The smallest absolute Gasteiger partial charge is 0.224 e. The van der Waals surface area contributed by atoms with E-state index in [1.807, 2.05) is 9.80 Å². The van der Waals surface area contributed by atoms with Crippen molar-refractivity contribution < 1.29 is 14.3 Å². The second-order valence-electron chi connectivity index (χ2n) is 5.50. The predicted molar refractivity (Wildman–Crippen MR) is 75.0 cm³/mol. The molecular weight excluding hydrogens is 258 g/mol. The average Bonchev–Trinajstić information content (AvgIpc) is 2.47. The number of likely N-dealkylation sites (tertiary alicyclic amines) is 1. The van der Waals surface area contributed by atoms with Crippen molar-refractivity contribution in [1.82, 2.24) is 9.80 Å². The van der Waals surface area contributed by atoms with Crippen molar-refractivity contribution in [3.05, 3.63) is 0 Å². The maximum absolute atomic E-state index is 12.2. The van der Waals surface area contributed by atoms with E-state index in [4.69, 9.17) is 10.5 Å². The standard InChI is InChI=1S/C14H25N3O3/c15-6-4-12-11-17(9-10-20-12)14(19)5-8-16-7-2-1-3-13(16)18/h12H,1-11,15H2/t12-/m0/s1. The molecule has 0 aromatic rings. The minimum Gasteiger partial charge on any atom is -0.374 e. The van der Waals surface area contributed by atoms with Gasteiger partial charge in [0.25, 0.3) is 0 Å². The zero-order valence-corrected chi connectivity index (χ0v) is 12.1. The molecule has 0 bridgehead atoms. The number of rotatable bonds is 5. The number of amides is 2. The molecule has 0 spiro atoms. The lowest BCUT2D eigenvalue weighted by Gasteiger charge is -2.34. The summed E-state index contributed by atoms with van der Waals surface area (Å²) in [6, 6.07) is 0. The fraction of sp³-hybridized carbons (Fsp3) is 0.857. The molecule has 0 aliphatic carbocycles. The topological polar surface area (TPSA) is 75.9 Å². The Balaban J connectivity index is 1.74. The zero-order valence-electron chi connectivity index (χ0n) is 12.1. The van der Waals surface area contributed by atoms with E-state index in [1.54, 1.807) is 0 Å². The highest BCUT2D eigenvalue weighted by Crippen LogP contribution is 2.13. The molecule has 2 amide bonds. The lowest BCUT2D eigenvalue weighted by atomic mass is 10.1. The van der Waals surface area contributed by atoms with Crippen LogP contribution in [-0.2, 0) is 14.3 Å². The summed E-state index contributed by atoms with van der Waals surface area (Å²) >= 11 is 0. The van der Waals surface area contributed by atoms with Crippen LogP contribution in [0.3, 0.4) is 0 Å². The molecule has 2 rings (SSSR count). The molecule has 2 fully saturated rings. The molecule has 2 heterocycles. The number of morpholine rings is 1. The third-order valence-electron chi connectivity index (χ3n) is 4.00. The molecule has 114 valence electrons. The van der Waals surface area contributed by atoms with Crippen LogP contribution in [0.1, 0.15) is 32.1 Å². The van der Waals surface area contributed by atoms with E-state index in [0.29, 0.717) is 45.6 Å². The summed E-state index contributed by atoms with van der Waals surface area (Å²) in [5, 5.41) is 0. The molecule has 2 N–H and O–H groups in total. The Bertz CT molecular complexity index is 347. The second kappa shape index (κ2) is 7.59. The summed E-state index contributed by atoms with van der Waals surface area (Å²) < 4.78 is 5.57. The van der Waals surface area contributed by atoms with Crippen LogP contribution in [0.2, 0.25) is 0 Å². The van der Waals surface area contributed by atoms with Crippen molar-refractivity contribution in [2.24, 2.45) is 5.73 Å². The Labute approximate surface area is 120 Å². The highest BCUT2D eigenvalue weighted by atomic mass is 16.5. The fourth-order valence-corrected chi connectivity index (χ4v) is 2.79. The Morgan fingerprint density at radius 1 is 1.35 bits per heavy atom. The summed E-state index contributed by atoms with van der Waals surface area (Å²) in [6.45, 7) is 3.79. The van der Waals surface area contributed by atoms with Crippen LogP contribution in [0.25, 0.3) is 0 Å². The number of hydrogen-bond donors (Lipinski definition) is 1. The summed E-state index contributed by atoms with van der Waals surface area (Å²) in [7, 11) is 0. The molecule has 1 atom stereocenters. The normalized spacial score (nSPS) is 24.1. The molecule has 0 unspecified atom stereocenters. The van der Waals surface area contributed by atoms with Gasteiger partial charge in [0.1, 0.15) is 0 Å². The minimum absolute atomic E-state index is 0.0642. The highest BCUT2D eigenvalue weighted by molar-refractivity contribution is 5.79. The van der Waals surface area contributed by atoms with Crippen molar-refractivity contribution in [2.45, 2.75) is 38.2 Å². The molecule has 0 radical (unpaired) electrons. The fourth-order valence-electron chi connectivity index (χ4n) is 2.79. The van der Waals surface area contributed by atoms with Gasteiger partial charge in [0, 0.05) is 39.0 Å². The number of carbonyl (C=O) groups excluding carboxylic acids is 2. The first-order chi connectivity index (χ1) is 9.70. The molecule has 6 heteroatoms. The van der Waals surface area contributed by atoms with Gasteiger partial charge in [-0.1, -0.05) is 0 Å². The van der Waals surface area contributed by atoms with E-state index in [-0.39, 0.29) is 17.9 Å². The summed E-state index contributed by atoms with van der Waals surface area (Å²) in [5.74, 6) is 0.306. The monoisotopic (exact) mass is 283 g/mol. The molecule has 0 aromatic heterocycles. The van der Waals surface area contributed by atoms with E-state index in [9.17, 15) is 9.59 Å². The second-order valence-corrected chi connectivity index (χ2v) is 5.50. The Hall–Kier alpha value is -1.14. The summed E-state index contributed by atoms with van der Waals surface area (Å²) in [4.78, 5) is 27.6. The maximum Gasteiger partial charge on any atom is 0.224 e. The van der Waals surface area contributed by atoms with Gasteiger partial charge in [0.2, 0.25) is 11.8 Å². The van der Waals surface area contributed by atoms with Crippen LogP contribution in [0.4, 0.5) is 0 Å². The van der Waals surface area contributed by atoms with Crippen LogP contribution in [-0.4, -0.2) is 67.0 Å². The molecule has 0 aromatic carbocycles. The predicted octanol–water partition coefficient (Wildman–Crippen LogP) is -0.0348. The van der Waals surface area contributed by atoms with Gasteiger partial charge in [0.05, 0.1) is 12.7 Å². The van der Waals surface area contributed by atoms with Gasteiger partial charge in [-0.2, -0.15) is 0 Å². The Morgan fingerprint density at radius 2 is 2.20 bits per heavy atom. The van der Waals surface area contributed by atoms with Gasteiger partial charge < -0.3 is 20.3 Å². The van der Waals surface area contributed by atoms with E-state index in [1.165, 1.54) is 0 Å². The van der Waals surface area contributed by atoms with E-state index in [2.05, 4.69) is 0 Å². The Kier molecular flexibility index (Phi) is 5.79. The van der Waals surface area contributed by atoms with E-state index in [0.717, 1.165) is 25.8 Å². The van der Waals surface area contributed by atoms with E-state index < -0.39 is 0 Å². The third kappa shape index (κ3) is 4.18. The first kappa shape index (κ1) is 15.3.